The minimum Gasteiger partial charge on any atom is -0.437 e. The average Bonchev–Trinajstić information content (AvgIpc) is 2.66. The summed E-state index contributed by atoms with van der Waals surface area (Å²) in [4.78, 5) is 28.4. The van der Waals surface area contributed by atoms with Gasteiger partial charge in [-0.1, -0.05) is 29.8 Å². The Morgan fingerprint density at radius 1 is 1.11 bits per heavy atom. The number of anilines is 1. The Bertz CT molecular complexity index is 1030. The summed E-state index contributed by atoms with van der Waals surface area (Å²) in [7, 11) is 0. The van der Waals surface area contributed by atoms with E-state index in [1.807, 2.05) is 6.07 Å². The van der Waals surface area contributed by atoms with Gasteiger partial charge >= 0.3 is 6.03 Å². The van der Waals surface area contributed by atoms with Crippen LogP contribution < -0.4 is 15.4 Å². The van der Waals surface area contributed by atoms with Crippen LogP contribution in [-0.4, -0.2) is 16.9 Å². The van der Waals surface area contributed by atoms with E-state index in [-0.39, 0.29) is 5.02 Å². The van der Waals surface area contributed by atoms with E-state index in [2.05, 4.69) is 31.5 Å². The first kappa shape index (κ1) is 19.9. The summed E-state index contributed by atoms with van der Waals surface area (Å²) in [5.41, 5.74) is 1.62. The number of urea groups is 1. The third kappa shape index (κ3) is 5.09. The molecule has 0 aliphatic carbocycles. The molecule has 0 radical (unpaired) electrons. The molecule has 3 aromatic rings. The number of carbonyl (C=O) groups excluding carboxylic acids is 2. The summed E-state index contributed by atoms with van der Waals surface area (Å²) in [6, 6.07) is 14.6. The van der Waals surface area contributed by atoms with Crippen molar-refractivity contribution in [1.82, 2.24) is 10.3 Å². The number of amides is 3. The minimum atomic E-state index is -0.660. The van der Waals surface area contributed by atoms with Crippen LogP contribution in [0.5, 0.6) is 11.6 Å². The van der Waals surface area contributed by atoms with Crippen molar-refractivity contribution >= 4 is 45.2 Å². The molecule has 8 heteroatoms. The van der Waals surface area contributed by atoms with E-state index >= 15 is 0 Å². The lowest BCUT2D eigenvalue weighted by molar-refractivity contribution is 0.0966. The normalized spacial score (nSPS) is 10.2. The number of hydrogen-bond acceptors (Lipinski definition) is 4. The van der Waals surface area contributed by atoms with E-state index in [1.54, 1.807) is 55.6 Å². The molecule has 3 rings (SSSR count). The third-order valence-corrected chi connectivity index (χ3v) is 4.49. The van der Waals surface area contributed by atoms with Crippen molar-refractivity contribution in [3.63, 3.8) is 0 Å². The fraction of sp³-hybridized carbons (Fsp3) is 0.0500. The lowest BCUT2D eigenvalue weighted by Gasteiger charge is -2.11. The highest BCUT2D eigenvalue weighted by Crippen LogP contribution is 2.31. The van der Waals surface area contributed by atoms with Gasteiger partial charge in [0.15, 0.2) is 0 Å². The quantitative estimate of drug-likeness (QED) is 0.534. The summed E-state index contributed by atoms with van der Waals surface area (Å²) >= 11 is 9.51. The van der Waals surface area contributed by atoms with Gasteiger partial charge in [0.25, 0.3) is 5.91 Å². The van der Waals surface area contributed by atoms with Crippen LogP contribution in [0, 0.1) is 6.92 Å². The van der Waals surface area contributed by atoms with Crippen molar-refractivity contribution in [2.24, 2.45) is 0 Å². The predicted molar refractivity (Wildman–Crippen MR) is 111 cm³/mol. The van der Waals surface area contributed by atoms with Crippen molar-refractivity contribution < 1.29 is 14.3 Å². The van der Waals surface area contributed by atoms with Crippen LogP contribution in [-0.2, 0) is 0 Å². The second kappa shape index (κ2) is 8.86. The van der Waals surface area contributed by atoms with Crippen LogP contribution >= 0.6 is 27.5 Å². The van der Waals surface area contributed by atoms with Crippen molar-refractivity contribution in [3.05, 3.63) is 81.4 Å². The lowest BCUT2D eigenvalue weighted by atomic mass is 10.1. The number of nitrogens with zero attached hydrogens (tertiary/aromatic N) is 1. The Morgan fingerprint density at radius 2 is 1.89 bits per heavy atom. The Balaban J connectivity index is 1.63. The molecule has 0 unspecified atom stereocenters. The fourth-order valence-corrected chi connectivity index (χ4v) is 2.81. The van der Waals surface area contributed by atoms with E-state index < -0.39 is 11.9 Å². The van der Waals surface area contributed by atoms with Gasteiger partial charge < -0.3 is 10.1 Å². The topological polar surface area (TPSA) is 80.3 Å². The first-order valence-electron chi connectivity index (χ1n) is 8.19. The van der Waals surface area contributed by atoms with E-state index in [1.165, 1.54) is 6.07 Å². The van der Waals surface area contributed by atoms with Crippen molar-refractivity contribution in [3.8, 4) is 11.6 Å². The molecule has 0 spiro atoms. The number of imide groups is 1. The summed E-state index contributed by atoms with van der Waals surface area (Å²) < 4.78 is 6.44. The number of benzene rings is 2. The lowest BCUT2D eigenvalue weighted by Crippen LogP contribution is -2.34. The molecule has 142 valence electrons. The minimum absolute atomic E-state index is 0.285. The van der Waals surface area contributed by atoms with Crippen LogP contribution in [0.3, 0.4) is 0 Å². The van der Waals surface area contributed by atoms with Crippen LogP contribution in [0.4, 0.5) is 10.5 Å². The van der Waals surface area contributed by atoms with Crippen LogP contribution in [0.2, 0.25) is 5.02 Å². The van der Waals surface area contributed by atoms with Gasteiger partial charge in [-0.05, 0) is 58.7 Å². The number of nitrogens with one attached hydrogen (secondary N) is 2. The molecule has 1 aromatic heterocycles. The summed E-state index contributed by atoms with van der Waals surface area (Å²) in [5.74, 6) is 0.286. The Hall–Kier alpha value is -2.90. The van der Waals surface area contributed by atoms with E-state index in [0.29, 0.717) is 22.9 Å². The first-order chi connectivity index (χ1) is 13.4. The average molecular weight is 461 g/mol. The van der Waals surface area contributed by atoms with Crippen molar-refractivity contribution in [1.29, 1.82) is 0 Å². The molecule has 2 N–H and O–H groups in total. The zero-order valence-electron chi connectivity index (χ0n) is 14.7. The zero-order valence-corrected chi connectivity index (χ0v) is 17.0. The van der Waals surface area contributed by atoms with Crippen molar-refractivity contribution in [2.45, 2.75) is 6.92 Å². The SMILES string of the molecule is Cc1ccccc1C(=O)NC(=O)Nc1ccc(Oc2ccc(Br)cn2)c(Cl)c1. The summed E-state index contributed by atoms with van der Waals surface area (Å²) in [6.45, 7) is 1.80. The molecule has 0 fully saturated rings. The zero-order chi connectivity index (χ0) is 20.1. The Morgan fingerprint density at radius 3 is 2.57 bits per heavy atom. The van der Waals surface area contributed by atoms with Gasteiger partial charge in [-0.25, -0.2) is 9.78 Å². The largest absolute Gasteiger partial charge is 0.437 e. The second-order valence-corrected chi connectivity index (χ2v) is 7.11. The molecular formula is C20H15BrClN3O3. The standard InChI is InChI=1S/C20H15BrClN3O3/c1-12-4-2-3-5-15(12)19(26)25-20(27)24-14-7-8-17(16(22)10-14)28-18-9-6-13(21)11-23-18/h2-11H,1H3,(H2,24,25,26,27). The molecule has 0 bridgehead atoms. The highest BCUT2D eigenvalue weighted by atomic mass is 79.9. The smallest absolute Gasteiger partial charge is 0.326 e. The molecule has 0 aliphatic heterocycles. The summed E-state index contributed by atoms with van der Waals surface area (Å²) in [6.07, 6.45) is 1.61. The first-order valence-corrected chi connectivity index (χ1v) is 9.36. The van der Waals surface area contributed by atoms with E-state index in [9.17, 15) is 9.59 Å². The monoisotopic (exact) mass is 459 g/mol. The van der Waals surface area contributed by atoms with E-state index in [4.69, 9.17) is 16.3 Å². The van der Waals surface area contributed by atoms with Gasteiger partial charge in [-0.15, -0.1) is 0 Å². The third-order valence-electron chi connectivity index (χ3n) is 3.72. The fourth-order valence-electron chi connectivity index (χ4n) is 2.36. The number of rotatable bonds is 4. The van der Waals surface area contributed by atoms with Crippen LogP contribution in [0.1, 0.15) is 15.9 Å². The number of aryl methyl sites for hydroxylation is 1. The maximum Gasteiger partial charge on any atom is 0.326 e. The highest BCUT2D eigenvalue weighted by Gasteiger charge is 2.13. The van der Waals surface area contributed by atoms with Gasteiger partial charge in [-0.2, -0.15) is 0 Å². The van der Waals surface area contributed by atoms with Crippen LogP contribution in [0.25, 0.3) is 0 Å². The number of hydrogen-bond donors (Lipinski definition) is 2. The van der Waals surface area contributed by atoms with Gasteiger partial charge in [0.1, 0.15) is 5.75 Å². The van der Waals surface area contributed by atoms with Gasteiger partial charge in [-0.3, -0.25) is 10.1 Å². The number of pyridine rings is 1. The number of halogens is 2. The van der Waals surface area contributed by atoms with Gasteiger partial charge in [0.2, 0.25) is 5.88 Å². The molecule has 28 heavy (non-hydrogen) atoms. The molecule has 0 atom stereocenters. The van der Waals surface area contributed by atoms with Gasteiger partial charge in [0.05, 0.1) is 5.02 Å². The molecule has 6 nitrogen and oxygen atoms in total. The van der Waals surface area contributed by atoms with Crippen LogP contribution in [0.15, 0.2) is 65.3 Å². The maximum atomic E-state index is 12.2. The van der Waals surface area contributed by atoms with Crippen molar-refractivity contribution in [2.75, 3.05) is 5.32 Å². The molecule has 1 heterocycles. The van der Waals surface area contributed by atoms with Gasteiger partial charge in [0, 0.05) is 28.0 Å². The Labute approximate surface area is 175 Å². The predicted octanol–water partition coefficient (Wildman–Crippen LogP) is 5.56. The highest BCUT2D eigenvalue weighted by molar-refractivity contribution is 9.10. The number of aromatic nitrogens is 1. The second-order valence-electron chi connectivity index (χ2n) is 5.79. The molecule has 3 amide bonds. The molecular weight excluding hydrogens is 446 g/mol. The molecule has 2 aromatic carbocycles. The Kier molecular flexibility index (Phi) is 6.28. The molecule has 0 saturated carbocycles. The number of carbonyl (C=O) groups is 2. The summed E-state index contributed by atoms with van der Waals surface area (Å²) in [5, 5.41) is 5.14. The molecule has 0 saturated heterocycles. The number of ether oxygens (including phenoxy) is 1. The maximum absolute atomic E-state index is 12.2. The molecule has 0 aliphatic rings. The van der Waals surface area contributed by atoms with E-state index in [0.717, 1.165) is 10.0 Å².